The van der Waals surface area contributed by atoms with Crippen molar-refractivity contribution in [3.8, 4) is 0 Å². The van der Waals surface area contributed by atoms with Crippen molar-refractivity contribution in [1.82, 2.24) is 10.3 Å². The Morgan fingerprint density at radius 2 is 2.00 bits per heavy atom. The van der Waals surface area contributed by atoms with E-state index in [9.17, 15) is 9.18 Å². The standard InChI is InChI=1S/C19H17FN2OS/c1-13-3-2-4-15(9-13)19(23)22-12-18-21-11-17(24-18)10-14-5-7-16(20)8-6-14/h2-9,11H,10,12H2,1H3,(H,22,23). The lowest BCUT2D eigenvalue weighted by molar-refractivity contribution is 0.0951. The Labute approximate surface area is 144 Å². The average molecular weight is 340 g/mol. The van der Waals surface area contributed by atoms with Crippen LogP contribution in [0.25, 0.3) is 0 Å². The van der Waals surface area contributed by atoms with Gasteiger partial charge < -0.3 is 5.32 Å². The number of rotatable bonds is 5. The van der Waals surface area contributed by atoms with E-state index in [1.54, 1.807) is 29.5 Å². The second kappa shape index (κ2) is 7.36. The van der Waals surface area contributed by atoms with Gasteiger partial charge in [0, 0.05) is 23.1 Å². The zero-order valence-corrected chi connectivity index (χ0v) is 14.1. The Balaban J connectivity index is 1.58. The largest absolute Gasteiger partial charge is 0.346 e. The molecule has 2 aromatic carbocycles. The molecule has 0 saturated carbocycles. The normalized spacial score (nSPS) is 10.6. The molecule has 1 aromatic heterocycles. The van der Waals surface area contributed by atoms with E-state index < -0.39 is 0 Å². The van der Waals surface area contributed by atoms with Crippen molar-refractivity contribution < 1.29 is 9.18 Å². The maximum Gasteiger partial charge on any atom is 0.251 e. The summed E-state index contributed by atoms with van der Waals surface area (Å²) in [6, 6.07) is 13.9. The van der Waals surface area contributed by atoms with Crippen molar-refractivity contribution in [3.63, 3.8) is 0 Å². The number of carbonyl (C=O) groups excluding carboxylic acids is 1. The van der Waals surface area contributed by atoms with Crippen LogP contribution in [0.3, 0.4) is 0 Å². The highest BCUT2D eigenvalue weighted by atomic mass is 32.1. The molecule has 0 unspecified atom stereocenters. The second-order valence-electron chi connectivity index (χ2n) is 5.58. The summed E-state index contributed by atoms with van der Waals surface area (Å²) in [5.74, 6) is -0.336. The SMILES string of the molecule is Cc1cccc(C(=O)NCc2ncc(Cc3ccc(F)cc3)s2)c1. The molecule has 0 radical (unpaired) electrons. The van der Waals surface area contributed by atoms with E-state index in [1.165, 1.54) is 12.1 Å². The van der Waals surface area contributed by atoms with E-state index in [1.807, 2.05) is 31.3 Å². The van der Waals surface area contributed by atoms with Crippen LogP contribution in [0, 0.1) is 12.7 Å². The Morgan fingerprint density at radius 3 is 2.75 bits per heavy atom. The number of amides is 1. The number of nitrogens with zero attached hydrogens (tertiary/aromatic N) is 1. The molecule has 3 nitrogen and oxygen atoms in total. The van der Waals surface area contributed by atoms with Crippen LogP contribution in [0.4, 0.5) is 4.39 Å². The van der Waals surface area contributed by atoms with Gasteiger partial charge in [0.25, 0.3) is 5.91 Å². The molecule has 3 aromatic rings. The zero-order chi connectivity index (χ0) is 16.9. The van der Waals surface area contributed by atoms with E-state index in [0.29, 0.717) is 18.5 Å². The molecule has 1 amide bonds. The predicted octanol–water partition coefficient (Wildman–Crippen LogP) is 4.11. The molecule has 0 bridgehead atoms. The maximum atomic E-state index is 12.9. The van der Waals surface area contributed by atoms with Gasteiger partial charge in [0.2, 0.25) is 0 Å². The van der Waals surface area contributed by atoms with E-state index >= 15 is 0 Å². The maximum absolute atomic E-state index is 12.9. The first kappa shape index (κ1) is 16.3. The van der Waals surface area contributed by atoms with Crippen molar-refractivity contribution in [2.45, 2.75) is 19.9 Å². The van der Waals surface area contributed by atoms with Crippen LogP contribution in [0.1, 0.15) is 31.4 Å². The highest BCUT2D eigenvalue weighted by Crippen LogP contribution is 2.17. The number of aryl methyl sites for hydroxylation is 1. The average Bonchev–Trinajstić information content (AvgIpc) is 3.02. The van der Waals surface area contributed by atoms with E-state index in [4.69, 9.17) is 0 Å². The van der Waals surface area contributed by atoms with Crippen LogP contribution < -0.4 is 5.32 Å². The fourth-order valence-electron chi connectivity index (χ4n) is 2.36. The van der Waals surface area contributed by atoms with E-state index in [2.05, 4.69) is 10.3 Å². The Bertz CT molecular complexity index is 843. The third-order valence-electron chi connectivity index (χ3n) is 3.57. The summed E-state index contributed by atoms with van der Waals surface area (Å²) in [6.07, 6.45) is 2.52. The van der Waals surface area contributed by atoms with E-state index in [0.717, 1.165) is 21.0 Å². The summed E-state index contributed by atoms with van der Waals surface area (Å²) in [5, 5.41) is 3.74. The van der Waals surface area contributed by atoms with Gasteiger partial charge in [-0.15, -0.1) is 11.3 Å². The Kier molecular flexibility index (Phi) is 5.01. The lowest BCUT2D eigenvalue weighted by Crippen LogP contribution is -2.22. The van der Waals surface area contributed by atoms with Crippen LogP contribution in [0.15, 0.2) is 54.7 Å². The van der Waals surface area contributed by atoms with Crippen LogP contribution in [-0.2, 0) is 13.0 Å². The Morgan fingerprint density at radius 1 is 1.21 bits per heavy atom. The van der Waals surface area contributed by atoms with Gasteiger partial charge >= 0.3 is 0 Å². The number of benzene rings is 2. The number of hydrogen-bond donors (Lipinski definition) is 1. The first-order valence-corrected chi connectivity index (χ1v) is 8.45. The van der Waals surface area contributed by atoms with Crippen LogP contribution in [-0.4, -0.2) is 10.9 Å². The molecule has 1 N–H and O–H groups in total. The molecule has 0 spiro atoms. The highest BCUT2D eigenvalue weighted by Gasteiger charge is 2.08. The minimum Gasteiger partial charge on any atom is -0.346 e. The summed E-state index contributed by atoms with van der Waals surface area (Å²) in [7, 11) is 0. The molecule has 0 aliphatic rings. The molecular weight excluding hydrogens is 323 g/mol. The van der Waals surface area contributed by atoms with Crippen molar-refractivity contribution in [1.29, 1.82) is 0 Å². The molecule has 0 atom stereocenters. The van der Waals surface area contributed by atoms with Gasteiger partial charge in [-0.1, -0.05) is 29.8 Å². The topological polar surface area (TPSA) is 42.0 Å². The lowest BCUT2D eigenvalue weighted by Gasteiger charge is -2.03. The van der Waals surface area contributed by atoms with Gasteiger partial charge in [-0.2, -0.15) is 0 Å². The summed E-state index contributed by atoms with van der Waals surface area (Å²) in [5.41, 5.74) is 2.74. The monoisotopic (exact) mass is 340 g/mol. The van der Waals surface area contributed by atoms with Crippen LogP contribution >= 0.6 is 11.3 Å². The number of nitrogens with one attached hydrogen (secondary N) is 1. The molecule has 24 heavy (non-hydrogen) atoms. The minimum atomic E-state index is -0.234. The molecule has 0 aliphatic heterocycles. The van der Waals surface area contributed by atoms with Crippen LogP contribution in [0.5, 0.6) is 0 Å². The van der Waals surface area contributed by atoms with Gasteiger partial charge in [-0.05, 0) is 36.8 Å². The third-order valence-corrected chi connectivity index (χ3v) is 4.57. The Hall–Kier alpha value is -2.53. The number of aromatic nitrogens is 1. The molecule has 122 valence electrons. The zero-order valence-electron chi connectivity index (χ0n) is 13.3. The summed E-state index contributed by atoms with van der Waals surface area (Å²) in [4.78, 5) is 17.6. The van der Waals surface area contributed by atoms with Gasteiger partial charge in [0.05, 0.1) is 6.54 Å². The predicted molar refractivity (Wildman–Crippen MR) is 93.7 cm³/mol. The van der Waals surface area contributed by atoms with Crippen molar-refractivity contribution >= 4 is 17.2 Å². The highest BCUT2D eigenvalue weighted by molar-refractivity contribution is 7.11. The molecule has 0 fully saturated rings. The van der Waals surface area contributed by atoms with Crippen molar-refractivity contribution in [2.24, 2.45) is 0 Å². The summed E-state index contributed by atoms with van der Waals surface area (Å²) >= 11 is 1.55. The number of carbonyl (C=O) groups is 1. The minimum absolute atomic E-state index is 0.103. The molecule has 0 saturated heterocycles. The molecular formula is C19H17FN2OS. The van der Waals surface area contributed by atoms with Gasteiger partial charge in [-0.3, -0.25) is 4.79 Å². The van der Waals surface area contributed by atoms with Gasteiger partial charge in [0.15, 0.2) is 0 Å². The lowest BCUT2D eigenvalue weighted by atomic mass is 10.1. The molecule has 5 heteroatoms. The van der Waals surface area contributed by atoms with Crippen LogP contribution in [0.2, 0.25) is 0 Å². The summed E-state index contributed by atoms with van der Waals surface area (Å²) < 4.78 is 12.9. The van der Waals surface area contributed by atoms with Crippen molar-refractivity contribution in [3.05, 3.63) is 87.1 Å². The number of halogens is 1. The molecule has 0 aliphatic carbocycles. The first-order valence-electron chi connectivity index (χ1n) is 7.63. The summed E-state index contributed by atoms with van der Waals surface area (Å²) in [6.45, 7) is 2.36. The smallest absolute Gasteiger partial charge is 0.251 e. The molecule has 3 rings (SSSR count). The first-order chi connectivity index (χ1) is 11.6. The fourth-order valence-corrected chi connectivity index (χ4v) is 3.26. The third kappa shape index (κ3) is 4.26. The number of hydrogen-bond acceptors (Lipinski definition) is 3. The number of thiazole rings is 1. The quantitative estimate of drug-likeness (QED) is 0.759. The van der Waals surface area contributed by atoms with Crippen molar-refractivity contribution in [2.75, 3.05) is 0 Å². The van der Waals surface area contributed by atoms with Gasteiger partial charge in [-0.25, -0.2) is 9.37 Å². The van der Waals surface area contributed by atoms with Gasteiger partial charge in [0.1, 0.15) is 10.8 Å². The second-order valence-corrected chi connectivity index (χ2v) is 6.78. The fraction of sp³-hybridized carbons (Fsp3) is 0.158. The van der Waals surface area contributed by atoms with E-state index in [-0.39, 0.29) is 11.7 Å². The molecule has 1 heterocycles.